The van der Waals surface area contributed by atoms with Gasteiger partial charge in [0.2, 0.25) is 0 Å². The van der Waals surface area contributed by atoms with Gasteiger partial charge in [-0.25, -0.2) is 9.97 Å². The third kappa shape index (κ3) is 1.30. The summed E-state index contributed by atoms with van der Waals surface area (Å²) in [6.07, 6.45) is 5.78. The van der Waals surface area contributed by atoms with Crippen LogP contribution in [0.15, 0.2) is 12.4 Å². The molecule has 0 amide bonds. The molecule has 0 bridgehead atoms. The number of hydrogen-bond donors (Lipinski definition) is 1. The monoisotopic (exact) mass is 175 g/mol. The van der Waals surface area contributed by atoms with Gasteiger partial charge >= 0.3 is 0 Å². The SMILES string of the molecule is CCc1ncc2[nH]cc(CC)c2n1. The summed E-state index contributed by atoms with van der Waals surface area (Å²) in [5.74, 6) is 0.918. The van der Waals surface area contributed by atoms with Crippen molar-refractivity contribution in [3.8, 4) is 0 Å². The number of nitrogens with one attached hydrogen (secondary N) is 1. The highest BCUT2D eigenvalue weighted by Crippen LogP contribution is 2.15. The van der Waals surface area contributed by atoms with E-state index >= 15 is 0 Å². The van der Waals surface area contributed by atoms with Crippen molar-refractivity contribution < 1.29 is 0 Å². The first-order chi connectivity index (χ1) is 6.35. The minimum atomic E-state index is 0.893. The maximum Gasteiger partial charge on any atom is 0.128 e. The molecular formula is C10H13N3. The molecule has 2 aromatic heterocycles. The largest absolute Gasteiger partial charge is 0.358 e. The molecule has 0 spiro atoms. The van der Waals surface area contributed by atoms with Crippen molar-refractivity contribution in [2.24, 2.45) is 0 Å². The Morgan fingerprint density at radius 1 is 1.31 bits per heavy atom. The average molecular weight is 175 g/mol. The highest BCUT2D eigenvalue weighted by Gasteiger charge is 2.04. The molecular weight excluding hydrogens is 162 g/mol. The Balaban J connectivity index is 2.64. The van der Waals surface area contributed by atoms with Crippen LogP contribution in [0.1, 0.15) is 25.2 Å². The molecule has 13 heavy (non-hydrogen) atoms. The van der Waals surface area contributed by atoms with Crippen LogP contribution in [0.25, 0.3) is 11.0 Å². The lowest BCUT2D eigenvalue weighted by atomic mass is 10.2. The van der Waals surface area contributed by atoms with Crippen molar-refractivity contribution >= 4 is 11.0 Å². The highest BCUT2D eigenvalue weighted by atomic mass is 14.9. The lowest BCUT2D eigenvalue weighted by Crippen LogP contribution is -1.92. The minimum absolute atomic E-state index is 0.893. The van der Waals surface area contributed by atoms with Crippen molar-refractivity contribution in [3.05, 3.63) is 23.8 Å². The Morgan fingerprint density at radius 2 is 2.15 bits per heavy atom. The first-order valence-electron chi connectivity index (χ1n) is 4.67. The molecule has 0 saturated heterocycles. The van der Waals surface area contributed by atoms with Gasteiger partial charge in [0.15, 0.2) is 0 Å². The van der Waals surface area contributed by atoms with E-state index < -0.39 is 0 Å². The van der Waals surface area contributed by atoms with E-state index in [2.05, 4.69) is 28.8 Å². The zero-order chi connectivity index (χ0) is 9.26. The van der Waals surface area contributed by atoms with Crippen molar-refractivity contribution in [3.63, 3.8) is 0 Å². The minimum Gasteiger partial charge on any atom is -0.358 e. The number of nitrogens with zero attached hydrogens (tertiary/aromatic N) is 2. The summed E-state index contributed by atoms with van der Waals surface area (Å²) in [4.78, 5) is 11.9. The van der Waals surface area contributed by atoms with Gasteiger partial charge in [-0.2, -0.15) is 0 Å². The molecule has 0 atom stereocenters. The average Bonchev–Trinajstić information content (AvgIpc) is 2.59. The van der Waals surface area contributed by atoms with Crippen LogP contribution < -0.4 is 0 Å². The summed E-state index contributed by atoms with van der Waals surface area (Å²) in [5, 5.41) is 0. The second-order valence-electron chi connectivity index (χ2n) is 3.07. The molecule has 68 valence electrons. The topological polar surface area (TPSA) is 41.6 Å². The fourth-order valence-corrected chi connectivity index (χ4v) is 1.44. The maximum atomic E-state index is 4.48. The van der Waals surface area contributed by atoms with Crippen LogP contribution in [0.5, 0.6) is 0 Å². The van der Waals surface area contributed by atoms with Gasteiger partial charge in [-0.3, -0.25) is 0 Å². The van der Waals surface area contributed by atoms with Gasteiger partial charge in [-0.1, -0.05) is 13.8 Å². The number of aromatic amines is 1. The Morgan fingerprint density at radius 3 is 2.85 bits per heavy atom. The molecule has 0 aromatic carbocycles. The number of rotatable bonds is 2. The summed E-state index contributed by atoms with van der Waals surface area (Å²) < 4.78 is 0. The smallest absolute Gasteiger partial charge is 0.128 e. The maximum absolute atomic E-state index is 4.48. The zero-order valence-electron chi connectivity index (χ0n) is 7.96. The van der Waals surface area contributed by atoms with Crippen molar-refractivity contribution in [2.75, 3.05) is 0 Å². The molecule has 0 fully saturated rings. The van der Waals surface area contributed by atoms with Gasteiger partial charge in [-0.05, 0) is 12.0 Å². The van der Waals surface area contributed by atoms with E-state index in [4.69, 9.17) is 0 Å². The number of fused-ring (bicyclic) bond motifs is 1. The number of H-pyrrole nitrogens is 1. The first-order valence-corrected chi connectivity index (χ1v) is 4.67. The van der Waals surface area contributed by atoms with E-state index in [9.17, 15) is 0 Å². The number of aromatic nitrogens is 3. The van der Waals surface area contributed by atoms with Gasteiger partial charge in [0.25, 0.3) is 0 Å². The quantitative estimate of drug-likeness (QED) is 0.759. The van der Waals surface area contributed by atoms with Crippen LogP contribution in [0.2, 0.25) is 0 Å². The standard InChI is InChI=1S/C10H13N3/c1-3-7-5-11-8-6-12-9(4-2)13-10(7)8/h5-6,11H,3-4H2,1-2H3. The second kappa shape index (κ2) is 3.17. The third-order valence-corrected chi connectivity index (χ3v) is 2.24. The molecule has 2 rings (SSSR count). The second-order valence-corrected chi connectivity index (χ2v) is 3.07. The number of aryl methyl sites for hydroxylation is 2. The lowest BCUT2D eigenvalue weighted by Gasteiger charge is -1.96. The Kier molecular flexibility index (Phi) is 2.00. The predicted molar refractivity (Wildman–Crippen MR) is 52.6 cm³/mol. The van der Waals surface area contributed by atoms with E-state index in [1.807, 2.05) is 12.4 Å². The van der Waals surface area contributed by atoms with Gasteiger partial charge in [0.1, 0.15) is 5.82 Å². The summed E-state index contributed by atoms with van der Waals surface area (Å²) in [7, 11) is 0. The van der Waals surface area contributed by atoms with Crippen LogP contribution >= 0.6 is 0 Å². The van der Waals surface area contributed by atoms with Gasteiger partial charge in [-0.15, -0.1) is 0 Å². The van der Waals surface area contributed by atoms with Crippen molar-refractivity contribution in [2.45, 2.75) is 26.7 Å². The van der Waals surface area contributed by atoms with Gasteiger partial charge in [0.05, 0.1) is 17.2 Å². The molecule has 0 aliphatic carbocycles. The molecule has 0 aliphatic heterocycles. The van der Waals surface area contributed by atoms with Crippen molar-refractivity contribution in [1.29, 1.82) is 0 Å². The highest BCUT2D eigenvalue weighted by molar-refractivity contribution is 5.77. The summed E-state index contributed by atoms with van der Waals surface area (Å²) >= 11 is 0. The third-order valence-electron chi connectivity index (χ3n) is 2.24. The van der Waals surface area contributed by atoms with Crippen LogP contribution in [0, 0.1) is 0 Å². The normalized spacial score (nSPS) is 10.9. The van der Waals surface area contributed by atoms with Gasteiger partial charge in [0, 0.05) is 12.6 Å². The van der Waals surface area contributed by atoms with Crippen LogP contribution in [-0.2, 0) is 12.8 Å². The van der Waals surface area contributed by atoms with Crippen molar-refractivity contribution in [1.82, 2.24) is 15.0 Å². The first kappa shape index (κ1) is 8.23. The molecule has 0 aliphatic rings. The van der Waals surface area contributed by atoms with E-state index in [0.717, 1.165) is 29.7 Å². The summed E-state index contributed by atoms with van der Waals surface area (Å²) in [6.45, 7) is 4.20. The molecule has 0 unspecified atom stereocenters. The predicted octanol–water partition coefficient (Wildman–Crippen LogP) is 2.08. The van der Waals surface area contributed by atoms with Gasteiger partial charge < -0.3 is 4.98 Å². The molecule has 0 saturated carbocycles. The van der Waals surface area contributed by atoms with Crippen LogP contribution in [0.3, 0.4) is 0 Å². The summed E-state index contributed by atoms with van der Waals surface area (Å²) in [6, 6.07) is 0. The van der Waals surface area contributed by atoms with Crippen LogP contribution in [0.4, 0.5) is 0 Å². The van der Waals surface area contributed by atoms with E-state index in [1.54, 1.807) is 0 Å². The van der Waals surface area contributed by atoms with Crippen LogP contribution in [-0.4, -0.2) is 15.0 Å². The Bertz CT molecular complexity index is 417. The molecule has 3 nitrogen and oxygen atoms in total. The fraction of sp³-hybridized carbons (Fsp3) is 0.400. The van der Waals surface area contributed by atoms with E-state index in [-0.39, 0.29) is 0 Å². The fourth-order valence-electron chi connectivity index (χ4n) is 1.44. The molecule has 2 heterocycles. The van der Waals surface area contributed by atoms with E-state index in [1.165, 1.54) is 5.56 Å². The zero-order valence-corrected chi connectivity index (χ0v) is 7.96. The van der Waals surface area contributed by atoms with E-state index in [0.29, 0.717) is 0 Å². The summed E-state index contributed by atoms with van der Waals surface area (Å²) in [5.41, 5.74) is 3.38. The lowest BCUT2D eigenvalue weighted by molar-refractivity contribution is 0.957. The molecule has 3 heteroatoms. The number of hydrogen-bond acceptors (Lipinski definition) is 2. The molecule has 1 N–H and O–H groups in total. The molecule has 0 radical (unpaired) electrons. The Labute approximate surface area is 77.2 Å². The Hall–Kier alpha value is -1.38. The molecule has 2 aromatic rings.